The van der Waals surface area contributed by atoms with E-state index in [1.165, 1.54) is 0 Å². The van der Waals surface area contributed by atoms with Crippen LogP contribution in [0, 0.1) is 0 Å². The van der Waals surface area contributed by atoms with Crippen molar-refractivity contribution in [1.29, 1.82) is 0 Å². The molecule has 0 aromatic heterocycles. The van der Waals surface area contributed by atoms with Crippen LogP contribution >= 0.6 is 23.2 Å². The van der Waals surface area contributed by atoms with Crippen LogP contribution in [0.5, 0.6) is 11.5 Å². The second kappa shape index (κ2) is 8.81. The number of rotatable bonds is 7. The van der Waals surface area contributed by atoms with Gasteiger partial charge in [0.2, 0.25) is 5.91 Å². The van der Waals surface area contributed by atoms with Gasteiger partial charge in [-0.25, -0.2) is 0 Å². The highest BCUT2D eigenvalue weighted by atomic mass is 35.5. The first-order valence-electron chi connectivity index (χ1n) is 7.45. The van der Waals surface area contributed by atoms with Crippen molar-refractivity contribution in [2.24, 2.45) is 0 Å². The molecule has 6 heteroatoms. The highest BCUT2D eigenvalue weighted by Gasteiger charge is 2.08. The molecule has 1 amide bonds. The molecule has 0 atom stereocenters. The average Bonchev–Trinajstić information content (AvgIpc) is 2.56. The third-order valence-corrected chi connectivity index (χ3v) is 4.13. The van der Waals surface area contributed by atoms with E-state index in [1.807, 2.05) is 12.1 Å². The molecule has 2 aromatic rings. The lowest BCUT2D eigenvalue weighted by molar-refractivity contribution is -0.120. The van der Waals surface area contributed by atoms with E-state index in [0.717, 1.165) is 11.1 Å². The molecule has 0 heterocycles. The van der Waals surface area contributed by atoms with E-state index >= 15 is 0 Å². The van der Waals surface area contributed by atoms with Crippen LogP contribution in [-0.4, -0.2) is 26.7 Å². The maximum absolute atomic E-state index is 12.1. The zero-order chi connectivity index (χ0) is 17.5. The Hall–Kier alpha value is -1.91. The minimum absolute atomic E-state index is 0.0627. The van der Waals surface area contributed by atoms with E-state index in [-0.39, 0.29) is 12.3 Å². The molecular weight excluding hydrogens is 349 g/mol. The van der Waals surface area contributed by atoms with E-state index in [0.29, 0.717) is 34.5 Å². The molecule has 0 radical (unpaired) electrons. The third kappa shape index (κ3) is 5.05. The summed E-state index contributed by atoms with van der Waals surface area (Å²) in [5.74, 6) is 1.18. The van der Waals surface area contributed by atoms with E-state index in [2.05, 4.69) is 5.32 Å². The van der Waals surface area contributed by atoms with E-state index in [1.54, 1.807) is 38.5 Å². The Kier molecular flexibility index (Phi) is 6.76. The first-order chi connectivity index (χ1) is 11.5. The molecule has 0 aliphatic carbocycles. The molecule has 2 aromatic carbocycles. The summed E-state index contributed by atoms with van der Waals surface area (Å²) >= 11 is 12.0. The summed E-state index contributed by atoms with van der Waals surface area (Å²) in [6.45, 7) is 0.507. The van der Waals surface area contributed by atoms with Crippen molar-refractivity contribution in [3.8, 4) is 11.5 Å². The van der Waals surface area contributed by atoms with Crippen LogP contribution in [-0.2, 0) is 17.6 Å². The molecule has 1 N–H and O–H groups in total. The number of hydrogen-bond donors (Lipinski definition) is 1. The Morgan fingerprint density at radius 2 is 1.79 bits per heavy atom. The maximum atomic E-state index is 12.1. The third-order valence-electron chi connectivity index (χ3n) is 3.54. The van der Waals surface area contributed by atoms with Crippen molar-refractivity contribution >= 4 is 29.1 Å². The second-order valence-electron chi connectivity index (χ2n) is 5.20. The SMILES string of the molecule is COc1ccc(CC(=O)NCCc2ccc(Cl)cc2Cl)cc1OC. The van der Waals surface area contributed by atoms with Gasteiger partial charge in [-0.3, -0.25) is 4.79 Å². The normalized spacial score (nSPS) is 10.3. The zero-order valence-electron chi connectivity index (χ0n) is 13.6. The summed E-state index contributed by atoms with van der Waals surface area (Å²) in [6, 6.07) is 10.8. The van der Waals surface area contributed by atoms with Crippen LogP contribution in [0.2, 0.25) is 10.0 Å². The molecule has 128 valence electrons. The fourth-order valence-electron chi connectivity index (χ4n) is 2.30. The second-order valence-corrected chi connectivity index (χ2v) is 6.05. The van der Waals surface area contributed by atoms with Gasteiger partial charge < -0.3 is 14.8 Å². The zero-order valence-corrected chi connectivity index (χ0v) is 15.1. The van der Waals surface area contributed by atoms with Crippen molar-refractivity contribution in [2.45, 2.75) is 12.8 Å². The molecule has 2 rings (SSSR count). The van der Waals surface area contributed by atoms with Crippen molar-refractivity contribution in [3.63, 3.8) is 0 Å². The van der Waals surface area contributed by atoms with Gasteiger partial charge in [-0.2, -0.15) is 0 Å². The number of benzene rings is 2. The molecule has 0 saturated carbocycles. The molecule has 0 saturated heterocycles. The monoisotopic (exact) mass is 367 g/mol. The highest BCUT2D eigenvalue weighted by Crippen LogP contribution is 2.27. The Morgan fingerprint density at radius 1 is 1.04 bits per heavy atom. The van der Waals surface area contributed by atoms with Crippen LogP contribution < -0.4 is 14.8 Å². The van der Waals surface area contributed by atoms with Gasteiger partial charge in [-0.15, -0.1) is 0 Å². The summed E-state index contributed by atoms with van der Waals surface area (Å²) in [7, 11) is 3.14. The van der Waals surface area contributed by atoms with Crippen molar-refractivity contribution in [3.05, 3.63) is 57.6 Å². The van der Waals surface area contributed by atoms with Crippen molar-refractivity contribution in [1.82, 2.24) is 5.32 Å². The van der Waals surface area contributed by atoms with Crippen molar-refractivity contribution < 1.29 is 14.3 Å². The summed E-state index contributed by atoms with van der Waals surface area (Å²) in [5.41, 5.74) is 1.81. The minimum atomic E-state index is -0.0627. The van der Waals surface area contributed by atoms with Crippen molar-refractivity contribution in [2.75, 3.05) is 20.8 Å². The van der Waals surface area contributed by atoms with E-state index in [4.69, 9.17) is 32.7 Å². The standard InChI is InChI=1S/C18H19Cl2NO3/c1-23-16-6-3-12(9-17(16)24-2)10-18(22)21-8-7-13-4-5-14(19)11-15(13)20/h3-6,9,11H,7-8,10H2,1-2H3,(H,21,22). The summed E-state index contributed by atoms with van der Waals surface area (Å²) < 4.78 is 10.4. The van der Waals surface area contributed by atoms with Gasteiger partial charge in [-0.05, 0) is 41.8 Å². The van der Waals surface area contributed by atoms with E-state index in [9.17, 15) is 4.79 Å². The average molecular weight is 368 g/mol. The minimum Gasteiger partial charge on any atom is -0.493 e. The Labute approximate surface area is 151 Å². The number of nitrogens with one attached hydrogen (secondary N) is 1. The number of carbonyl (C=O) groups excluding carboxylic acids is 1. The number of ether oxygens (including phenoxy) is 2. The molecule has 0 aliphatic heterocycles. The molecular formula is C18H19Cl2NO3. The predicted molar refractivity (Wildman–Crippen MR) is 96.4 cm³/mol. The number of halogens is 2. The topological polar surface area (TPSA) is 47.6 Å². The smallest absolute Gasteiger partial charge is 0.224 e. The lowest BCUT2D eigenvalue weighted by Crippen LogP contribution is -2.27. The molecule has 0 unspecified atom stereocenters. The highest BCUT2D eigenvalue weighted by molar-refractivity contribution is 6.35. The van der Waals surface area contributed by atoms with Gasteiger partial charge >= 0.3 is 0 Å². The molecule has 24 heavy (non-hydrogen) atoms. The lowest BCUT2D eigenvalue weighted by Gasteiger charge is -2.10. The summed E-state index contributed by atoms with van der Waals surface area (Å²) in [4.78, 5) is 12.1. The molecule has 0 aliphatic rings. The largest absolute Gasteiger partial charge is 0.493 e. The van der Waals surface area contributed by atoms with Gasteiger partial charge in [-0.1, -0.05) is 35.3 Å². The first kappa shape index (κ1) is 18.4. The Morgan fingerprint density at radius 3 is 2.46 bits per heavy atom. The number of amides is 1. The molecule has 0 spiro atoms. The fraction of sp³-hybridized carbons (Fsp3) is 0.278. The lowest BCUT2D eigenvalue weighted by atomic mass is 10.1. The Balaban J connectivity index is 1.87. The van der Waals surface area contributed by atoms with Crippen LogP contribution in [0.4, 0.5) is 0 Å². The Bertz CT molecular complexity index is 719. The van der Waals surface area contributed by atoms with Gasteiger partial charge in [0.05, 0.1) is 20.6 Å². The van der Waals surface area contributed by atoms with Crippen LogP contribution in [0.25, 0.3) is 0 Å². The van der Waals surface area contributed by atoms with Crippen LogP contribution in [0.15, 0.2) is 36.4 Å². The van der Waals surface area contributed by atoms with Crippen LogP contribution in [0.1, 0.15) is 11.1 Å². The number of carbonyl (C=O) groups is 1. The summed E-state index contributed by atoms with van der Waals surface area (Å²) in [6.07, 6.45) is 0.919. The van der Waals surface area contributed by atoms with Gasteiger partial charge in [0.15, 0.2) is 11.5 Å². The summed E-state index contributed by atoms with van der Waals surface area (Å²) in [5, 5.41) is 4.09. The van der Waals surface area contributed by atoms with Crippen LogP contribution in [0.3, 0.4) is 0 Å². The van der Waals surface area contributed by atoms with Gasteiger partial charge in [0.25, 0.3) is 0 Å². The first-order valence-corrected chi connectivity index (χ1v) is 8.20. The molecule has 4 nitrogen and oxygen atoms in total. The molecule has 0 fully saturated rings. The van der Waals surface area contributed by atoms with E-state index < -0.39 is 0 Å². The van der Waals surface area contributed by atoms with Gasteiger partial charge in [0, 0.05) is 16.6 Å². The number of hydrogen-bond acceptors (Lipinski definition) is 3. The van der Waals surface area contributed by atoms with Gasteiger partial charge in [0.1, 0.15) is 0 Å². The quantitative estimate of drug-likeness (QED) is 0.806. The predicted octanol–water partition coefficient (Wildman–Crippen LogP) is 3.91. The molecule has 0 bridgehead atoms. The number of methoxy groups -OCH3 is 2. The fourth-order valence-corrected chi connectivity index (χ4v) is 2.80. The maximum Gasteiger partial charge on any atom is 0.224 e.